The van der Waals surface area contributed by atoms with Gasteiger partial charge >= 0.3 is 0 Å². The number of ether oxygens (including phenoxy) is 2. The molecule has 2 aliphatic heterocycles. The van der Waals surface area contributed by atoms with E-state index in [1.165, 1.54) is 0 Å². The summed E-state index contributed by atoms with van der Waals surface area (Å²) in [4.78, 5) is 17.7. The van der Waals surface area contributed by atoms with E-state index in [1.807, 2.05) is 30.3 Å². The van der Waals surface area contributed by atoms with Gasteiger partial charge in [0.05, 0.1) is 29.4 Å². The summed E-state index contributed by atoms with van der Waals surface area (Å²) in [7, 11) is 3.79. The Kier molecular flexibility index (Phi) is 4.77. The van der Waals surface area contributed by atoms with Crippen LogP contribution in [0.1, 0.15) is 21.6 Å². The molecular weight excluding hydrogens is 380 g/mol. The Morgan fingerprint density at radius 1 is 1.17 bits per heavy atom. The second-order valence-electron chi connectivity index (χ2n) is 7.80. The van der Waals surface area contributed by atoms with Crippen molar-refractivity contribution in [2.24, 2.45) is 0 Å². The molecule has 30 heavy (non-hydrogen) atoms. The molecule has 1 fully saturated rings. The summed E-state index contributed by atoms with van der Waals surface area (Å²) in [5.41, 5.74) is 3.10. The molecule has 2 aromatic carbocycles. The Morgan fingerprint density at radius 3 is 2.77 bits per heavy atom. The first-order valence-corrected chi connectivity index (χ1v) is 10.1. The minimum atomic E-state index is -0.126. The van der Waals surface area contributed by atoms with Crippen molar-refractivity contribution in [2.45, 2.75) is 6.54 Å². The number of allylic oxidation sites excluding steroid dienone is 1. The molecule has 0 unspecified atom stereocenters. The predicted octanol–water partition coefficient (Wildman–Crippen LogP) is 2.94. The number of carbonyl (C=O) groups is 1. The molecule has 0 aliphatic carbocycles. The summed E-state index contributed by atoms with van der Waals surface area (Å²) >= 11 is 0. The average molecular weight is 404 g/mol. The molecule has 5 rings (SSSR count). The van der Waals surface area contributed by atoms with Gasteiger partial charge in [-0.3, -0.25) is 14.8 Å². The molecule has 1 saturated heterocycles. The fourth-order valence-corrected chi connectivity index (χ4v) is 4.08. The van der Waals surface area contributed by atoms with Crippen molar-refractivity contribution < 1.29 is 14.3 Å². The third kappa shape index (κ3) is 3.26. The number of likely N-dealkylation sites (N-methyl/N-ethyl adjacent to an activating group) is 1. The number of para-hydroxylation sites is 1. The number of nitrogens with one attached hydrogen (secondary N) is 1. The molecule has 2 aliphatic rings. The zero-order valence-corrected chi connectivity index (χ0v) is 17.1. The monoisotopic (exact) mass is 404 g/mol. The van der Waals surface area contributed by atoms with Crippen molar-refractivity contribution in [3.63, 3.8) is 0 Å². The van der Waals surface area contributed by atoms with Gasteiger partial charge < -0.3 is 14.4 Å². The van der Waals surface area contributed by atoms with Crippen molar-refractivity contribution in [1.82, 2.24) is 20.0 Å². The van der Waals surface area contributed by atoms with Crippen molar-refractivity contribution in [1.29, 1.82) is 0 Å². The van der Waals surface area contributed by atoms with E-state index in [-0.39, 0.29) is 11.5 Å². The van der Waals surface area contributed by atoms with Crippen LogP contribution in [0.2, 0.25) is 0 Å². The number of Topliss-reactive ketones (excluding diaryl/α,β-unsaturated/α-hetero) is 1. The Balaban J connectivity index is 1.49. The summed E-state index contributed by atoms with van der Waals surface area (Å²) in [6.07, 6.45) is 1.72. The van der Waals surface area contributed by atoms with E-state index in [2.05, 4.69) is 27.0 Å². The van der Waals surface area contributed by atoms with E-state index < -0.39 is 0 Å². The van der Waals surface area contributed by atoms with Crippen LogP contribution in [0.25, 0.3) is 17.0 Å². The highest BCUT2D eigenvalue weighted by atomic mass is 16.5. The summed E-state index contributed by atoms with van der Waals surface area (Å²) < 4.78 is 11.7. The molecule has 1 N–H and O–H groups in total. The number of nitrogens with zero attached hydrogens (tertiary/aromatic N) is 3. The van der Waals surface area contributed by atoms with Gasteiger partial charge in [0.25, 0.3) is 0 Å². The van der Waals surface area contributed by atoms with Crippen LogP contribution in [0.5, 0.6) is 11.5 Å². The molecule has 0 spiro atoms. The maximum Gasteiger partial charge on any atom is 0.232 e. The van der Waals surface area contributed by atoms with Crippen LogP contribution in [0, 0.1) is 0 Å². The van der Waals surface area contributed by atoms with E-state index in [4.69, 9.17) is 9.47 Å². The van der Waals surface area contributed by atoms with Crippen molar-refractivity contribution in [3.05, 3.63) is 59.0 Å². The number of hydrogen-bond donors (Lipinski definition) is 1. The van der Waals surface area contributed by atoms with Crippen molar-refractivity contribution in [3.8, 4) is 11.5 Å². The van der Waals surface area contributed by atoms with Gasteiger partial charge in [0.2, 0.25) is 5.78 Å². The lowest BCUT2D eigenvalue weighted by atomic mass is 10.0. The molecule has 7 heteroatoms. The van der Waals surface area contributed by atoms with Crippen LogP contribution in [-0.4, -0.2) is 66.1 Å². The minimum absolute atomic E-state index is 0.126. The first kappa shape index (κ1) is 18.8. The molecule has 1 aromatic heterocycles. The maximum absolute atomic E-state index is 13.1. The van der Waals surface area contributed by atoms with Crippen LogP contribution in [0.15, 0.2) is 42.2 Å². The zero-order valence-electron chi connectivity index (χ0n) is 17.1. The summed E-state index contributed by atoms with van der Waals surface area (Å²) in [5, 5.41) is 8.29. The quantitative estimate of drug-likeness (QED) is 0.675. The molecular formula is C23H24N4O3. The highest BCUT2D eigenvalue weighted by molar-refractivity contribution is 6.15. The molecule has 0 saturated carbocycles. The van der Waals surface area contributed by atoms with Crippen molar-refractivity contribution in [2.75, 3.05) is 40.3 Å². The van der Waals surface area contributed by atoms with Gasteiger partial charge in [-0.25, -0.2) is 0 Å². The Labute approximate surface area is 174 Å². The molecule has 0 bridgehead atoms. The lowest BCUT2D eigenvalue weighted by molar-refractivity contribution is 0.101. The molecule has 0 atom stereocenters. The number of piperazine rings is 1. The van der Waals surface area contributed by atoms with Crippen LogP contribution < -0.4 is 9.47 Å². The lowest BCUT2D eigenvalue weighted by Crippen LogP contribution is -2.43. The number of methoxy groups -OCH3 is 1. The van der Waals surface area contributed by atoms with Crippen LogP contribution in [0.4, 0.5) is 0 Å². The van der Waals surface area contributed by atoms with Crippen LogP contribution >= 0.6 is 0 Å². The van der Waals surface area contributed by atoms with Gasteiger partial charge in [-0.05, 0) is 25.2 Å². The maximum atomic E-state index is 13.1. The van der Waals surface area contributed by atoms with Crippen molar-refractivity contribution >= 4 is 22.8 Å². The topological polar surface area (TPSA) is 70.7 Å². The second-order valence-corrected chi connectivity index (χ2v) is 7.80. The largest absolute Gasteiger partial charge is 0.496 e. The summed E-state index contributed by atoms with van der Waals surface area (Å²) in [6.45, 7) is 4.67. The summed E-state index contributed by atoms with van der Waals surface area (Å²) in [5.74, 6) is 1.51. The number of rotatable bonds is 4. The number of H-pyrrole nitrogens is 1. The fourth-order valence-electron chi connectivity index (χ4n) is 4.08. The normalized spacial score (nSPS) is 18.7. The fraction of sp³-hybridized carbons (Fsp3) is 0.304. The Bertz CT molecular complexity index is 1140. The lowest BCUT2D eigenvalue weighted by Gasteiger charge is -2.32. The Morgan fingerprint density at radius 2 is 1.97 bits per heavy atom. The van der Waals surface area contributed by atoms with Gasteiger partial charge in [0, 0.05) is 44.2 Å². The van der Waals surface area contributed by atoms with E-state index >= 15 is 0 Å². The van der Waals surface area contributed by atoms with Crippen LogP contribution in [0.3, 0.4) is 0 Å². The number of aromatic amines is 1. The van der Waals surface area contributed by atoms with Gasteiger partial charge in [0.1, 0.15) is 11.5 Å². The molecule has 7 nitrogen and oxygen atoms in total. The minimum Gasteiger partial charge on any atom is -0.496 e. The highest BCUT2D eigenvalue weighted by Crippen LogP contribution is 2.40. The molecule has 3 aromatic rings. The van der Waals surface area contributed by atoms with Gasteiger partial charge in [-0.1, -0.05) is 18.2 Å². The first-order valence-electron chi connectivity index (χ1n) is 10.1. The molecule has 154 valence electrons. The van der Waals surface area contributed by atoms with Gasteiger partial charge in [-0.2, -0.15) is 5.10 Å². The van der Waals surface area contributed by atoms with E-state index in [0.717, 1.165) is 48.4 Å². The summed E-state index contributed by atoms with van der Waals surface area (Å²) in [6, 6.07) is 11.5. The number of aromatic nitrogens is 2. The number of ketones is 1. The number of hydrogen-bond acceptors (Lipinski definition) is 6. The smallest absolute Gasteiger partial charge is 0.232 e. The van der Waals surface area contributed by atoms with E-state index in [0.29, 0.717) is 23.6 Å². The molecule has 0 amide bonds. The van der Waals surface area contributed by atoms with Crippen LogP contribution in [-0.2, 0) is 6.54 Å². The van der Waals surface area contributed by atoms with Gasteiger partial charge in [-0.15, -0.1) is 0 Å². The zero-order chi connectivity index (χ0) is 20.7. The number of benzene rings is 2. The first-order chi connectivity index (χ1) is 14.6. The second kappa shape index (κ2) is 7.59. The number of fused-ring (bicyclic) bond motifs is 2. The third-order valence-electron chi connectivity index (χ3n) is 5.86. The Hall–Kier alpha value is -3.16. The van der Waals surface area contributed by atoms with E-state index in [1.54, 1.807) is 19.3 Å². The van der Waals surface area contributed by atoms with Gasteiger partial charge in [0.15, 0.2) is 5.76 Å². The standard InChI is InChI=1S/C23H24N4O3/c1-26-9-11-27(12-10-26)14-17-20(29-2)8-7-16-22(28)21(30-23(16)17)13-19-15-5-3-4-6-18(15)24-25-19/h3-8,13H,9-12,14H2,1-2H3,(H,24,25)/b21-13-. The SMILES string of the molecule is COc1ccc2c(c1CN1CCN(C)CC1)O/C(=C\c1n[nH]c3ccccc13)C2=O. The predicted molar refractivity (Wildman–Crippen MR) is 115 cm³/mol. The average Bonchev–Trinajstić information content (AvgIpc) is 3.32. The third-order valence-corrected chi connectivity index (χ3v) is 5.86. The van der Waals surface area contributed by atoms with E-state index in [9.17, 15) is 4.79 Å². The number of carbonyl (C=O) groups excluding carboxylic acids is 1. The molecule has 3 heterocycles. The molecule has 0 radical (unpaired) electrons. The highest BCUT2D eigenvalue weighted by Gasteiger charge is 2.32.